The molecule has 3 aliphatic rings. The van der Waals surface area contributed by atoms with Crippen molar-refractivity contribution >= 4 is 5.91 Å². The lowest BCUT2D eigenvalue weighted by molar-refractivity contribution is -0.142. The summed E-state index contributed by atoms with van der Waals surface area (Å²) in [6, 6.07) is 0.231. The lowest BCUT2D eigenvalue weighted by Crippen LogP contribution is -2.53. The van der Waals surface area contributed by atoms with E-state index in [2.05, 4.69) is 32.7 Å². The van der Waals surface area contributed by atoms with Gasteiger partial charge in [0.25, 0.3) is 0 Å². The first-order valence-corrected chi connectivity index (χ1v) is 8.48. The molecule has 3 unspecified atom stereocenters. The number of likely N-dealkylation sites (tertiary alicyclic amines) is 1. The molecule has 1 amide bonds. The van der Waals surface area contributed by atoms with E-state index in [-0.39, 0.29) is 12.0 Å². The molecule has 0 aromatic carbocycles. The molecule has 8 nitrogen and oxygen atoms in total. The SMILES string of the molecule is O=C(C1CC2C=CC1C2)N1CC(n2cc(Cn3nccn3)nn2)C1. The van der Waals surface area contributed by atoms with E-state index in [1.54, 1.807) is 17.2 Å². The minimum atomic E-state index is 0.207. The second-order valence-electron chi connectivity index (χ2n) is 7.03. The maximum atomic E-state index is 12.6. The average molecular weight is 325 g/mol. The molecular formula is C16H19N7O. The Balaban J connectivity index is 1.19. The van der Waals surface area contributed by atoms with E-state index >= 15 is 0 Å². The van der Waals surface area contributed by atoms with E-state index in [4.69, 9.17) is 0 Å². The molecule has 24 heavy (non-hydrogen) atoms. The van der Waals surface area contributed by atoms with E-state index in [1.807, 2.05) is 15.8 Å². The Morgan fingerprint density at radius 3 is 2.71 bits per heavy atom. The lowest BCUT2D eigenvalue weighted by atomic mass is 9.91. The molecule has 0 spiro atoms. The van der Waals surface area contributed by atoms with Crippen molar-refractivity contribution in [1.29, 1.82) is 0 Å². The highest BCUT2D eigenvalue weighted by molar-refractivity contribution is 5.81. The van der Waals surface area contributed by atoms with Crippen LogP contribution in [-0.2, 0) is 11.3 Å². The number of hydrogen-bond acceptors (Lipinski definition) is 5. The van der Waals surface area contributed by atoms with Crippen LogP contribution >= 0.6 is 0 Å². The molecule has 2 aromatic heterocycles. The molecular weight excluding hydrogens is 306 g/mol. The summed E-state index contributed by atoms with van der Waals surface area (Å²) >= 11 is 0. The van der Waals surface area contributed by atoms with Gasteiger partial charge in [0.2, 0.25) is 5.91 Å². The summed E-state index contributed by atoms with van der Waals surface area (Å²) in [4.78, 5) is 16.2. The minimum Gasteiger partial charge on any atom is -0.338 e. The van der Waals surface area contributed by atoms with Gasteiger partial charge in [0.1, 0.15) is 12.2 Å². The van der Waals surface area contributed by atoms with Crippen LogP contribution in [0.4, 0.5) is 0 Å². The van der Waals surface area contributed by atoms with Crippen LogP contribution in [-0.4, -0.2) is 53.9 Å². The Kier molecular flexibility index (Phi) is 3.04. The Hall–Kier alpha value is -2.51. The van der Waals surface area contributed by atoms with Crippen LogP contribution in [0.2, 0.25) is 0 Å². The minimum absolute atomic E-state index is 0.207. The maximum absolute atomic E-state index is 12.6. The van der Waals surface area contributed by atoms with Gasteiger partial charge in [-0.15, -0.1) is 5.10 Å². The first-order chi connectivity index (χ1) is 11.8. The summed E-state index contributed by atoms with van der Waals surface area (Å²) in [7, 11) is 0. The zero-order chi connectivity index (χ0) is 16.1. The van der Waals surface area contributed by atoms with Gasteiger partial charge in [0.15, 0.2) is 0 Å². The molecule has 3 heterocycles. The second-order valence-corrected chi connectivity index (χ2v) is 7.03. The van der Waals surface area contributed by atoms with E-state index in [1.165, 1.54) is 6.42 Å². The summed E-state index contributed by atoms with van der Waals surface area (Å²) in [6.07, 6.45) is 11.9. The largest absolute Gasteiger partial charge is 0.338 e. The van der Waals surface area contributed by atoms with Gasteiger partial charge in [-0.2, -0.15) is 15.0 Å². The molecule has 2 aromatic rings. The van der Waals surface area contributed by atoms with Crippen LogP contribution in [0.3, 0.4) is 0 Å². The van der Waals surface area contributed by atoms with Crippen LogP contribution in [0.15, 0.2) is 30.7 Å². The topological polar surface area (TPSA) is 81.7 Å². The fourth-order valence-electron chi connectivity index (χ4n) is 4.14. The molecule has 0 N–H and O–H groups in total. The summed E-state index contributed by atoms with van der Waals surface area (Å²) < 4.78 is 1.86. The predicted molar refractivity (Wildman–Crippen MR) is 83.6 cm³/mol. The second kappa shape index (κ2) is 5.25. The van der Waals surface area contributed by atoms with Gasteiger partial charge in [0, 0.05) is 19.0 Å². The molecule has 1 saturated heterocycles. The maximum Gasteiger partial charge on any atom is 0.226 e. The van der Waals surface area contributed by atoms with Gasteiger partial charge in [-0.3, -0.25) is 4.79 Å². The number of allylic oxidation sites excluding steroid dienone is 2. The third-order valence-electron chi connectivity index (χ3n) is 5.47. The number of aromatic nitrogens is 6. The predicted octanol–water partition coefficient (Wildman–Crippen LogP) is 0.513. The van der Waals surface area contributed by atoms with Gasteiger partial charge < -0.3 is 4.90 Å². The molecule has 2 bridgehead atoms. The Morgan fingerprint density at radius 1 is 1.17 bits per heavy atom. The zero-order valence-corrected chi connectivity index (χ0v) is 13.3. The van der Waals surface area contributed by atoms with Crippen LogP contribution in [0.25, 0.3) is 0 Å². The molecule has 2 aliphatic carbocycles. The van der Waals surface area contributed by atoms with Crippen molar-refractivity contribution in [2.45, 2.75) is 25.4 Å². The molecule has 8 heteroatoms. The van der Waals surface area contributed by atoms with Crippen LogP contribution in [0.5, 0.6) is 0 Å². The van der Waals surface area contributed by atoms with Crippen LogP contribution in [0.1, 0.15) is 24.6 Å². The molecule has 124 valence electrons. The number of carbonyl (C=O) groups excluding carboxylic acids is 1. The summed E-state index contributed by atoms with van der Waals surface area (Å²) in [5.41, 5.74) is 0.828. The number of nitrogens with zero attached hydrogens (tertiary/aromatic N) is 7. The Bertz CT molecular complexity index is 774. The highest BCUT2D eigenvalue weighted by Gasteiger charge is 2.44. The molecule has 5 rings (SSSR count). The van der Waals surface area contributed by atoms with Crippen molar-refractivity contribution in [3.05, 3.63) is 36.4 Å². The fourth-order valence-corrected chi connectivity index (χ4v) is 4.14. The lowest BCUT2D eigenvalue weighted by Gasteiger charge is -2.41. The average Bonchev–Trinajstić information content (AvgIpc) is 3.31. The van der Waals surface area contributed by atoms with Crippen molar-refractivity contribution in [3.63, 3.8) is 0 Å². The van der Waals surface area contributed by atoms with E-state index in [0.29, 0.717) is 24.3 Å². The first kappa shape index (κ1) is 13.9. The molecule has 1 aliphatic heterocycles. The summed E-state index contributed by atoms with van der Waals surface area (Å²) in [5.74, 6) is 1.64. The monoisotopic (exact) mass is 325 g/mol. The first-order valence-electron chi connectivity index (χ1n) is 8.48. The Labute approximate surface area is 139 Å². The third-order valence-corrected chi connectivity index (χ3v) is 5.47. The number of fused-ring (bicyclic) bond motifs is 2. The van der Waals surface area contributed by atoms with Gasteiger partial charge in [-0.05, 0) is 24.7 Å². The highest BCUT2D eigenvalue weighted by atomic mass is 16.2. The zero-order valence-electron chi connectivity index (χ0n) is 13.3. The smallest absolute Gasteiger partial charge is 0.226 e. The van der Waals surface area contributed by atoms with E-state index in [9.17, 15) is 4.79 Å². The summed E-state index contributed by atoms with van der Waals surface area (Å²) in [6.45, 7) is 1.98. The number of hydrogen-bond donors (Lipinski definition) is 0. The highest BCUT2D eigenvalue weighted by Crippen LogP contribution is 2.44. The van der Waals surface area contributed by atoms with Crippen molar-refractivity contribution < 1.29 is 4.79 Å². The van der Waals surface area contributed by atoms with Gasteiger partial charge in [-0.25, -0.2) is 4.68 Å². The van der Waals surface area contributed by atoms with Gasteiger partial charge in [0.05, 0.1) is 24.6 Å². The standard InChI is InChI=1S/C16H19N7O/c24-16(15-6-11-1-2-12(15)5-11)21-9-14(10-21)22-7-13(19-20-22)8-23-17-3-4-18-23/h1-4,7,11-12,14-15H,5-6,8-10H2. The fraction of sp³-hybridized carbons (Fsp3) is 0.562. The quantitative estimate of drug-likeness (QED) is 0.765. The van der Waals surface area contributed by atoms with Gasteiger partial charge >= 0.3 is 0 Å². The molecule has 2 fully saturated rings. The molecule has 1 saturated carbocycles. The Morgan fingerprint density at radius 2 is 2.00 bits per heavy atom. The number of amides is 1. The number of rotatable bonds is 4. The van der Waals surface area contributed by atoms with Crippen LogP contribution < -0.4 is 0 Å². The summed E-state index contributed by atoms with van der Waals surface area (Å²) in [5, 5.41) is 16.5. The molecule has 0 radical (unpaired) electrons. The van der Waals surface area contributed by atoms with Crippen molar-refractivity contribution in [2.24, 2.45) is 17.8 Å². The van der Waals surface area contributed by atoms with Crippen molar-refractivity contribution in [1.82, 2.24) is 34.9 Å². The van der Waals surface area contributed by atoms with Crippen LogP contribution in [0, 0.1) is 17.8 Å². The normalized spacial score (nSPS) is 28.5. The third kappa shape index (κ3) is 2.24. The van der Waals surface area contributed by atoms with E-state index in [0.717, 1.165) is 25.2 Å². The van der Waals surface area contributed by atoms with Crippen molar-refractivity contribution in [3.8, 4) is 0 Å². The van der Waals surface area contributed by atoms with Gasteiger partial charge in [-0.1, -0.05) is 17.4 Å². The molecule has 3 atom stereocenters. The van der Waals surface area contributed by atoms with Crippen molar-refractivity contribution in [2.75, 3.05) is 13.1 Å². The van der Waals surface area contributed by atoms with E-state index < -0.39 is 0 Å². The number of carbonyl (C=O) groups is 1.